The normalized spacial score (nSPS) is 12.0. The number of benzene rings is 2. The summed E-state index contributed by atoms with van der Waals surface area (Å²) in [5.74, 6) is 1.16. The third-order valence-electron chi connectivity index (χ3n) is 3.46. The van der Waals surface area contributed by atoms with E-state index in [0.29, 0.717) is 22.3 Å². The zero-order valence-electron chi connectivity index (χ0n) is 12.8. The highest BCUT2D eigenvalue weighted by Gasteiger charge is 2.15. The number of hydrogen-bond donors (Lipinski definition) is 2. The Morgan fingerprint density at radius 1 is 1.08 bits per heavy atom. The molecule has 2 aromatic carbocycles. The topological polar surface area (TPSA) is 72.5 Å². The third kappa shape index (κ3) is 3.59. The second-order valence-electron chi connectivity index (χ2n) is 5.19. The zero-order chi connectivity index (χ0) is 17.2. The lowest BCUT2D eigenvalue weighted by Crippen LogP contribution is -2.12. The quantitative estimate of drug-likeness (QED) is 0.647. The molecule has 25 heavy (non-hydrogen) atoms. The van der Waals surface area contributed by atoms with E-state index >= 15 is 0 Å². The number of carbonyl (C=O) groups is 1. The first-order chi connectivity index (χ1) is 12.2. The summed E-state index contributed by atoms with van der Waals surface area (Å²) in [6, 6.07) is 12.9. The number of carbonyl (C=O) groups excluding carboxylic acids is 1. The Bertz CT molecular complexity index is 927. The standard InChI is InChI=1S/C17H12BrN3O3S/c18-10-1-3-11(4-2-10)19-16(22)13-8-25-17(21-13)20-12-5-6-14-15(7-12)24-9-23-14/h1-8H,9H2,(H,19,22)(H,20,21). The Balaban J connectivity index is 1.44. The van der Waals surface area contributed by atoms with E-state index in [1.165, 1.54) is 11.3 Å². The first-order valence-corrected chi connectivity index (χ1v) is 9.04. The van der Waals surface area contributed by atoms with E-state index in [1.54, 1.807) is 5.38 Å². The minimum Gasteiger partial charge on any atom is -0.454 e. The van der Waals surface area contributed by atoms with Gasteiger partial charge in [-0.05, 0) is 36.4 Å². The van der Waals surface area contributed by atoms with Crippen molar-refractivity contribution in [3.63, 3.8) is 0 Å². The van der Waals surface area contributed by atoms with Crippen molar-refractivity contribution in [2.24, 2.45) is 0 Å². The van der Waals surface area contributed by atoms with Gasteiger partial charge in [0.25, 0.3) is 5.91 Å². The molecule has 1 amide bonds. The first kappa shape index (κ1) is 15.9. The van der Waals surface area contributed by atoms with Crippen molar-refractivity contribution >= 4 is 49.7 Å². The number of halogens is 1. The molecule has 0 spiro atoms. The van der Waals surface area contributed by atoms with E-state index in [4.69, 9.17) is 9.47 Å². The minimum absolute atomic E-state index is 0.233. The second-order valence-corrected chi connectivity index (χ2v) is 6.97. The van der Waals surface area contributed by atoms with Crippen LogP contribution < -0.4 is 20.1 Å². The molecule has 1 aliphatic heterocycles. The zero-order valence-corrected chi connectivity index (χ0v) is 15.2. The lowest BCUT2D eigenvalue weighted by molar-refractivity contribution is 0.102. The predicted octanol–water partition coefficient (Wildman–Crippen LogP) is 4.63. The van der Waals surface area contributed by atoms with E-state index in [1.807, 2.05) is 42.5 Å². The number of thiazole rings is 1. The highest BCUT2D eigenvalue weighted by Crippen LogP contribution is 2.35. The molecule has 4 rings (SSSR count). The summed E-state index contributed by atoms with van der Waals surface area (Å²) in [7, 11) is 0. The van der Waals surface area contributed by atoms with Gasteiger partial charge < -0.3 is 20.1 Å². The van der Waals surface area contributed by atoms with Crippen LogP contribution >= 0.6 is 27.3 Å². The summed E-state index contributed by atoms with van der Waals surface area (Å²) in [4.78, 5) is 16.6. The van der Waals surface area contributed by atoms with Crippen LogP contribution in [0.2, 0.25) is 0 Å². The van der Waals surface area contributed by atoms with E-state index < -0.39 is 0 Å². The van der Waals surface area contributed by atoms with Gasteiger partial charge in [-0.15, -0.1) is 11.3 Å². The number of aromatic nitrogens is 1. The molecule has 6 nitrogen and oxygen atoms in total. The van der Waals surface area contributed by atoms with E-state index in [-0.39, 0.29) is 12.7 Å². The molecule has 0 aliphatic carbocycles. The Kier molecular flexibility index (Phi) is 4.29. The van der Waals surface area contributed by atoms with Crippen LogP contribution in [-0.2, 0) is 0 Å². The number of nitrogens with zero attached hydrogens (tertiary/aromatic N) is 1. The van der Waals surface area contributed by atoms with Crippen LogP contribution in [0.15, 0.2) is 52.3 Å². The Labute approximate surface area is 155 Å². The molecule has 0 fully saturated rings. The van der Waals surface area contributed by atoms with Gasteiger partial charge >= 0.3 is 0 Å². The molecule has 0 atom stereocenters. The molecule has 0 bridgehead atoms. The van der Waals surface area contributed by atoms with Gasteiger partial charge in [0.05, 0.1) is 0 Å². The van der Waals surface area contributed by atoms with Crippen molar-refractivity contribution in [3.8, 4) is 11.5 Å². The van der Waals surface area contributed by atoms with Crippen LogP contribution in [-0.4, -0.2) is 17.7 Å². The van der Waals surface area contributed by atoms with Gasteiger partial charge in [-0.25, -0.2) is 4.98 Å². The molecule has 1 aliphatic rings. The lowest BCUT2D eigenvalue weighted by Gasteiger charge is -2.04. The van der Waals surface area contributed by atoms with Crippen molar-refractivity contribution in [3.05, 3.63) is 58.0 Å². The molecule has 1 aromatic heterocycles. The van der Waals surface area contributed by atoms with E-state index in [2.05, 4.69) is 31.5 Å². The van der Waals surface area contributed by atoms with Crippen LogP contribution in [0, 0.1) is 0 Å². The molecule has 8 heteroatoms. The van der Waals surface area contributed by atoms with Gasteiger partial charge in [0, 0.05) is 27.3 Å². The average Bonchev–Trinajstić information content (AvgIpc) is 3.26. The fraction of sp³-hybridized carbons (Fsp3) is 0.0588. The van der Waals surface area contributed by atoms with Crippen LogP contribution in [0.4, 0.5) is 16.5 Å². The number of ether oxygens (including phenoxy) is 2. The number of anilines is 3. The highest BCUT2D eigenvalue weighted by molar-refractivity contribution is 9.10. The van der Waals surface area contributed by atoms with Crippen LogP contribution in [0.5, 0.6) is 11.5 Å². The molecule has 3 aromatic rings. The molecule has 126 valence electrons. The maximum atomic E-state index is 12.3. The lowest BCUT2D eigenvalue weighted by atomic mass is 10.3. The summed E-state index contributed by atoms with van der Waals surface area (Å²) in [6.07, 6.45) is 0. The molecule has 0 saturated carbocycles. The van der Waals surface area contributed by atoms with Gasteiger partial charge in [0.15, 0.2) is 16.6 Å². The SMILES string of the molecule is O=C(Nc1ccc(Br)cc1)c1csc(Nc2ccc3c(c2)OCO3)n1. The van der Waals surface area contributed by atoms with Gasteiger partial charge in [-0.3, -0.25) is 4.79 Å². The van der Waals surface area contributed by atoms with Gasteiger partial charge in [-0.1, -0.05) is 15.9 Å². The summed E-state index contributed by atoms with van der Waals surface area (Å²) in [6.45, 7) is 0.233. The summed E-state index contributed by atoms with van der Waals surface area (Å²) in [5.41, 5.74) is 1.89. The number of amides is 1. The molecular formula is C17H12BrN3O3S. The Hall–Kier alpha value is -2.58. The van der Waals surface area contributed by atoms with Crippen molar-refractivity contribution in [1.29, 1.82) is 0 Å². The smallest absolute Gasteiger partial charge is 0.275 e. The van der Waals surface area contributed by atoms with Crippen molar-refractivity contribution in [2.75, 3.05) is 17.4 Å². The fourth-order valence-corrected chi connectivity index (χ4v) is 3.24. The fourth-order valence-electron chi connectivity index (χ4n) is 2.26. The monoisotopic (exact) mass is 417 g/mol. The largest absolute Gasteiger partial charge is 0.454 e. The van der Waals surface area contributed by atoms with Crippen molar-refractivity contribution in [1.82, 2.24) is 4.98 Å². The minimum atomic E-state index is -0.252. The summed E-state index contributed by atoms with van der Waals surface area (Å²) < 4.78 is 11.6. The molecule has 0 radical (unpaired) electrons. The maximum Gasteiger partial charge on any atom is 0.275 e. The average molecular weight is 418 g/mol. The Morgan fingerprint density at radius 2 is 1.84 bits per heavy atom. The van der Waals surface area contributed by atoms with Crippen LogP contribution in [0.25, 0.3) is 0 Å². The molecule has 0 saturated heterocycles. The molecule has 0 unspecified atom stereocenters. The maximum absolute atomic E-state index is 12.3. The number of nitrogens with one attached hydrogen (secondary N) is 2. The van der Waals surface area contributed by atoms with Crippen LogP contribution in [0.3, 0.4) is 0 Å². The van der Waals surface area contributed by atoms with Gasteiger partial charge in [0.2, 0.25) is 6.79 Å². The van der Waals surface area contributed by atoms with Gasteiger partial charge in [0.1, 0.15) is 5.69 Å². The van der Waals surface area contributed by atoms with E-state index in [0.717, 1.165) is 15.9 Å². The number of hydrogen-bond acceptors (Lipinski definition) is 6. The van der Waals surface area contributed by atoms with Crippen LogP contribution in [0.1, 0.15) is 10.5 Å². The second kappa shape index (κ2) is 6.73. The first-order valence-electron chi connectivity index (χ1n) is 7.36. The van der Waals surface area contributed by atoms with Crippen molar-refractivity contribution < 1.29 is 14.3 Å². The van der Waals surface area contributed by atoms with Crippen molar-refractivity contribution in [2.45, 2.75) is 0 Å². The summed E-state index contributed by atoms with van der Waals surface area (Å²) >= 11 is 4.72. The molecule has 2 heterocycles. The Morgan fingerprint density at radius 3 is 2.68 bits per heavy atom. The molecular weight excluding hydrogens is 406 g/mol. The van der Waals surface area contributed by atoms with E-state index in [9.17, 15) is 4.79 Å². The predicted molar refractivity (Wildman–Crippen MR) is 100 cm³/mol. The number of fused-ring (bicyclic) bond motifs is 1. The number of rotatable bonds is 4. The third-order valence-corrected chi connectivity index (χ3v) is 4.75. The molecule has 2 N–H and O–H groups in total. The van der Waals surface area contributed by atoms with Gasteiger partial charge in [-0.2, -0.15) is 0 Å². The highest BCUT2D eigenvalue weighted by atomic mass is 79.9. The summed E-state index contributed by atoms with van der Waals surface area (Å²) in [5, 5.41) is 8.32.